The number of piperidine rings is 1. The Labute approximate surface area is 131 Å². The topological polar surface area (TPSA) is 32.6 Å². The van der Waals surface area contributed by atoms with Crippen LogP contribution in [0.2, 0.25) is 0 Å². The number of imidazole rings is 1. The molecule has 0 saturated carbocycles. The summed E-state index contributed by atoms with van der Waals surface area (Å²) in [6.07, 6.45) is 7.49. The molecule has 1 fully saturated rings. The maximum atomic E-state index is 4.89. The van der Waals surface area contributed by atoms with Crippen LogP contribution in [0.4, 0.5) is 5.82 Å². The lowest BCUT2D eigenvalue weighted by Gasteiger charge is -2.32. The van der Waals surface area contributed by atoms with E-state index in [0.717, 1.165) is 37.1 Å². The minimum atomic E-state index is 0.901. The minimum Gasteiger partial charge on any atom is -0.355 e. The number of hydrogen-bond donors (Lipinski definition) is 1. The summed E-state index contributed by atoms with van der Waals surface area (Å²) in [7, 11) is 0. The molecule has 1 aliphatic heterocycles. The number of nitrogens with one attached hydrogen (secondary N) is 1. The third-order valence-electron chi connectivity index (χ3n) is 4.49. The van der Waals surface area contributed by atoms with Crippen molar-refractivity contribution < 1.29 is 0 Å². The van der Waals surface area contributed by atoms with Crippen LogP contribution in [0.3, 0.4) is 0 Å². The van der Waals surface area contributed by atoms with Crippen molar-refractivity contribution in [3.8, 4) is 0 Å². The number of anilines is 1. The summed E-state index contributed by atoms with van der Waals surface area (Å²) in [5.41, 5.74) is 1.32. The molecule has 2 aromatic heterocycles. The molecular weight excluding hydrogens is 280 g/mol. The van der Waals surface area contributed by atoms with E-state index in [1.165, 1.54) is 37.2 Å². The van der Waals surface area contributed by atoms with Crippen molar-refractivity contribution in [3.05, 3.63) is 17.3 Å². The molecular formula is C16H26N4S. The van der Waals surface area contributed by atoms with Gasteiger partial charge in [0.2, 0.25) is 0 Å². The van der Waals surface area contributed by atoms with Crippen LogP contribution < -0.4 is 10.2 Å². The van der Waals surface area contributed by atoms with Crippen molar-refractivity contribution in [1.82, 2.24) is 14.7 Å². The number of rotatable bonds is 6. The molecule has 0 aliphatic carbocycles. The Hall–Kier alpha value is -1.07. The van der Waals surface area contributed by atoms with Crippen LogP contribution in [0.1, 0.15) is 45.2 Å². The quantitative estimate of drug-likeness (QED) is 0.886. The van der Waals surface area contributed by atoms with Crippen molar-refractivity contribution in [3.63, 3.8) is 0 Å². The standard InChI is InChI=1S/C16H26N4S/c1-3-5-13-6-8-19(9-7-13)15-14(12-17-4-2)20-10-11-21-16(20)18-15/h10-11,13,17H,3-9,12H2,1-2H3. The first kappa shape index (κ1) is 14.9. The van der Waals surface area contributed by atoms with Crippen molar-refractivity contribution >= 4 is 22.1 Å². The average Bonchev–Trinajstić information content (AvgIpc) is 3.07. The lowest BCUT2D eigenvalue weighted by molar-refractivity contribution is 0.377. The van der Waals surface area contributed by atoms with Gasteiger partial charge >= 0.3 is 0 Å². The number of hydrogen-bond acceptors (Lipinski definition) is 4. The molecule has 0 bridgehead atoms. The van der Waals surface area contributed by atoms with Gasteiger partial charge in [0.25, 0.3) is 0 Å². The van der Waals surface area contributed by atoms with E-state index >= 15 is 0 Å². The molecule has 0 atom stereocenters. The van der Waals surface area contributed by atoms with Gasteiger partial charge in [0.1, 0.15) is 0 Å². The summed E-state index contributed by atoms with van der Waals surface area (Å²) < 4.78 is 2.25. The van der Waals surface area contributed by atoms with Gasteiger partial charge in [0.15, 0.2) is 10.8 Å². The van der Waals surface area contributed by atoms with E-state index in [4.69, 9.17) is 4.98 Å². The molecule has 2 aromatic rings. The fraction of sp³-hybridized carbons (Fsp3) is 0.688. The second-order valence-electron chi connectivity index (χ2n) is 5.94. The molecule has 3 heterocycles. The van der Waals surface area contributed by atoms with Gasteiger partial charge in [-0.3, -0.25) is 4.40 Å². The molecule has 21 heavy (non-hydrogen) atoms. The second-order valence-corrected chi connectivity index (χ2v) is 6.81. The van der Waals surface area contributed by atoms with Crippen molar-refractivity contribution in [1.29, 1.82) is 0 Å². The van der Waals surface area contributed by atoms with Crippen molar-refractivity contribution in [2.24, 2.45) is 5.92 Å². The molecule has 3 rings (SSSR count). The van der Waals surface area contributed by atoms with Gasteiger partial charge in [-0.1, -0.05) is 26.7 Å². The van der Waals surface area contributed by atoms with E-state index in [1.807, 2.05) is 0 Å². The summed E-state index contributed by atoms with van der Waals surface area (Å²) >= 11 is 1.73. The van der Waals surface area contributed by atoms with Crippen LogP contribution in [0.25, 0.3) is 4.96 Å². The lowest BCUT2D eigenvalue weighted by Crippen LogP contribution is -2.35. The summed E-state index contributed by atoms with van der Waals surface area (Å²) in [5, 5.41) is 5.58. The van der Waals surface area contributed by atoms with Crippen LogP contribution in [0.5, 0.6) is 0 Å². The fourth-order valence-corrected chi connectivity index (χ4v) is 4.05. The van der Waals surface area contributed by atoms with Crippen LogP contribution in [-0.2, 0) is 6.54 Å². The SMILES string of the molecule is CCCC1CCN(c2nc3sccn3c2CNCC)CC1. The van der Waals surface area contributed by atoms with E-state index in [9.17, 15) is 0 Å². The Morgan fingerprint density at radius 1 is 1.33 bits per heavy atom. The van der Waals surface area contributed by atoms with E-state index in [-0.39, 0.29) is 0 Å². The molecule has 0 unspecified atom stereocenters. The Morgan fingerprint density at radius 2 is 2.14 bits per heavy atom. The average molecular weight is 306 g/mol. The highest BCUT2D eigenvalue weighted by Gasteiger charge is 2.23. The highest BCUT2D eigenvalue weighted by Crippen LogP contribution is 2.29. The zero-order valence-corrected chi connectivity index (χ0v) is 14.0. The molecule has 5 heteroatoms. The van der Waals surface area contributed by atoms with Gasteiger partial charge in [-0.05, 0) is 25.3 Å². The summed E-state index contributed by atoms with van der Waals surface area (Å²) in [6, 6.07) is 0. The van der Waals surface area contributed by atoms with Gasteiger partial charge in [-0.25, -0.2) is 4.98 Å². The molecule has 1 saturated heterocycles. The highest BCUT2D eigenvalue weighted by molar-refractivity contribution is 7.15. The van der Waals surface area contributed by atoms with E-state index in [2.05, 4.69) is 40.0 Å². The van der Waals surface area contributed by atoms with Gasteiger partial charge in [-0.2, -0.15) is 0 Å². The molecule has 0 spiro atoms. The van der Waals surface area contributed by atoms with Crippen LogP contribution in [-0.4, -0.2) is 29.0 Å². The normalized spacial score (nSPS) is 17.0. The molecule has 0 aromatic carbocycles. The van der Waals surface area contributed by atoms with Crippen LogP contribution in [0, 0.1) is 5.92 Å². The summed E-state index contributed by atoms with van der Waals surface area (Å²) in [5.74, 6) is 2.13. The lowest BCUT2D eigenvalue weighted by atomic mass is 9.92. The predicted octanol–water partition coefficient (Wildman–Crippen LogP) is 3.52. The third kappa shape index (κ3) is 3.09. The van der Waals surface area contributed by atoms with Gasteiger partial charge in [0, 0.05) is 31.2 Å². The monoisotopic (exact) mass is 306 g/mol. The molecule has 1 N–H and O–H groups in total. The Balaban J connectivity index is 1.78. The Bertz CT molecular complexity index is 566. The highest BCUT2D eigenvalue weighted by atomic mass is 32.1. The second kappa shape index (κ2) is 6.79. The minimum absolute atomic E-state index is 0.901. The Kier molecular flexibility index (Phi) is 4.80. The van der Waals surface area contributed by atoms with Crippen LogP contribution in [0.15, 0.2) is 11.6 Å². The first-order valence-corrected chi connectivity index (χ1v) is 9.11. The summed E-state index contributed by atoms with van der Waals surface area (Å²) in [4.78, 5) is 8.51. The summed E-state index contributed by atoms with van der Waals surface area (Å²) in [6.45, 7) is 8.67. The smallest absolute Gasteiger partial charge is 0.195 e. The molecule has 0 amide bonds. The maximum Gasteiger partial charge on any atom is 0.195 e. The fourth-order valence-electron chi connectivity index (χ4n) is 3.32. The van der Waals surface area contributed by atoms with Gasteiger partial charge in [-0.15, -0.1) is 11.3 Å². The van der Waals surface area contributed by atoms with E-state index < -0.39 is 0 Å². The van der Waals surface area contributed by atoms with Crippen LogP contribution >= 0.6 is 11.3 Å². The first-order valence-electron chi connectivity index (χ1n) is 8.23. The van der Waals surface area contributed by atoms with Crippen molar-refractivity contribution in [2.45, 2.75) is 46.1 Å². The van der Waals surface area contributed by atoms with E-state index in [0.29, 0.717) is 0 Å². The Morgan fingerprint density at radius 3 is 2.86 bits per heavy atom. The number of fused-ring (bicyclic) bond motifs is 1. The number of nitrogens with zero attached hydrogens (tertiary/aromatic N) is 3. The van der Waals surface area contributed by atoms with Crippen molar-refractivity contribution in [2.75, 3.05) is 24.5 Å². The zero-order valence-electron chi connectivity index (χ0n) is 13.1. The molecule has 1 aliphatic rings. The third-order valence-corrected chi connectivity index (χ3v) is 5.25. The number of aromatic nitrogens is 2. The predicted molar refractivity (Wildman–Crippen MR) is 90.3 cm³/mol. The van der Waals surface area contributed by atoms with Gasteiger partial charge < -0.3 is 10.2 Å². The molecule has 116 valence electrons. The van der Waals surface area contributed by atoms with E-state index in [1.54, 1.807) is 11.3 Å². The number of thiazole rings is 1. The molecule has 0 radical (unpaired) electrons. The van der Waals surface area contributed by atoms with Gasteiger partial charge in [0.05, 0.1) is 5.69 Å². The molecule has 4 nitrogen and oxygen atoms in total. The zero-order chi connectivity index (χ0) is 14.7. The first-order chi connectivity index (χ1) is 10.3. The maximum absolute atomic E-state index is 4.89. The largest absolute Gasteiger partial charge is 0.355 e.